The van der Waals surface area contributed by atoms with Gasteiger partial charge in [-0.15, -0.1) is 0 Å². The smallest absolute Gasteiger partial charge is 0.339 e. The number of pyridine rings is 1. The quantitative estimate of drug-likeness (QED) is 0.620. The lowest BCUT2D eigenvalue weighted by Gasteiger charge is -2.09. The van der Waals surface area contributed by atoms with Crippen LogP contribution >= 0.6 is 0 Å². The van der Waals surface area contributed by atoms with Gasteiger partial charge in [-0.3, -0.25) is 4.79 Å². The van der Waals surface area contributed by atoms with Crippen molar-refractivity contribution >= 4 is 23.4 Å². The van der Waals surface area contributed by atoms with Gasteiger partial charge in [-0.2, -0.15) is 0 Å². The number of amides is 1. The molecule has 3 aromatic rings. The zero-order valence-electron chi connectivity index (χ0n) is 14.8. The molecule has 0 atom stereocenters. The summed E-state index contributed by atoms with van der Waals surface area (Å²) in [7, 11) is 0. The zero-order chi connectivity index (χ0) is 19.1. The average Bonchev–Trinajstić information content (AvgIpc) is 3.22. The molecule has 0 aliphatic carbocycles. The highest BCUT2D eigenvalue weighted by Crippen LogP contribution is 2.14. The summed E-state index contributed by atoms with van der Waals surface area (Å²) in [5.74, 6) is 0.190. The molecule has 138 valence electrons. The molecule has 0 radical (unpaired) electrons. The van der Waals surface area contributed by atoms with E-state index in [9.17, 15) is 9.59 Å². The summed E-state index contributed by atoms with van der Waals surface area (Å²) in [6, 6.07) is 14.1. The van der Waals surface area contributed by atoms with Crippen LogP contribution in [0.2, 0.25) is 0 Å². The van der Waals surface area contributed by atoms with Gasteiger partial charge in [0.05, 0.1) is 18.4 Å². The Bertz CT molecular complexity index is 905. The Morgan fingerprint density at radius 3 is 2.74 bits per heavy atom. The lowest BCUT2D eigenvalue weighted by molar-refractivity contribution is 0.0526. The number of nitrogens with one attached hydrogen (secondary N) is 2. The Morgan fingerprint density at radius 2 is 2.04 bits per heavy atom. The Balaban J connectivity index is 1.58. The van der Waals surface area contributed by atoms with E-state index in [0.29, 0.717) is 30.2 Å². The van der Waals surface area contributed by atoms with E-state index in [1.54, 1.807) is 37.3 Å². The molecule has 0 saturated carbocycles. The maximum Gasteiger partial charge on any atom is 0.339 e. The molecule has 0 spiro atoms. The van der Waals surface area contributed by atoms with Gasteiger partial charge in [0.25, 0.3) is 5.91 Å². The fraction of sp³-hybridized carbons (Fsp3) is 0.150. The molecular weight excluding hydrogens is 346 g/mol. The SMILES string of the molecule is CCOC(=O)c1ccc(NCc2cccc(NC(=O)c3ccco3)c2)nc1. The highest BCUT2D eigenvalue weighted by atomic mass is 16.5. The molecule has 2 N–H and O–H groups in total. The van der Waals surface area contributed by atoms with Crippen molar-refractivity contribution in [3.8, 4) is 0 Å². The molecule has 0 aliphatic rings. The van der Waals surface area contributed by atoms with E-state index < -0.39 is 5.97 Å². The van der Waals surface area contributed by atoms with Crippen molar-refractivity contribution in [2.75, 3.05) is 17.2 Å². The van der Waals surface area contributed by atoms with Crippen molar-refractivity contribution in [1.82, 2.24) is 4.98 Å². The molecule has 0 saturated heterocycles. The molecule has 0 aliphatic heterocycles. The Labute approximate surface area is 156 Å². The molecule has 1 aromatic carbocycles. The van der Waals surface area contributed by atoms with Crippen LogP contribution in [0.4, 0.5) is 11.5 Å². The molecule has 0 unspecified atom stereocenters. The minimum absolute atomic E-state index is 0.254. The van der Waals surface area contributed by atoms with Crippen molar-refractivity contribution in [1.29, 1.82) is 0 Å². The van der Waals surface area contributed by atoms with Gasteiger partial charge < -0.3 is 19.8 Å². The van der Waals surface area contributed by atoms with Gasteiger partial charge >= 0.3 is 5.97 Å². The molecular formula is C20H19N3O4. The number of benzene rings is 1. The average molecular weight is 365 g/mol. The molecule has 27 heavy (non-hydrogen) atoms. The molecule has 3 rings (SSSR count). The van der Waals surface area contributed by atoms with Crippen LogP contribution in [0.5, 0.6) is 0 Å². The first kappa shape index (κ1) is 18.2. The van der Waals surface area contributed by atoms with Crippen molar-refractivity contribution in [2.24, 2.45) is 0 Å². The van der Waals surface area contributed by atoms with Crippen molar-refractivity contribution < 1.29 is 18.7 Å². The number of furan rings is 1. The summed E-state index contributed by atoms with van der Waals surface area (Å²) in [4.78, 5) is 27.9. The fourth-order valence-corrected chi connectivity index (χ4v) is 2.39. The molecule has 7 heteroatoms. The second-order valence-corrected chi connectivity index (χ2v) is 5.64. The second kappa shape index (κ2) is 8.66. The van der Waals surface area contributed by atoms with Gasteiger partial charge in [-0.1, -0.05) is 12.1 Å². The predicted octanol–water partition coefficient (Wildman–Crippen LogP) is 3.72. The lowest BCUT2D eigenvalue weighted by atomic mass is 10.2. The van der Waals surface area contributed by atoms with Crippen LogP contribution < -0.4 is 10.6 Å². The normalized spacial score (nSPS) is 10.3. The van der Waals surface area contributed by atoms with E-state index in [1.165, 1.54) is 12.5 Å². The van der Waals surface area contributed by atoms with Crippen LogP contribution in [0.25, 0.3) is 0 Å². The number of nitrogens with zero attached hydrogens (tertiary/aromatic N) is 1. The van der Waals surface area contributed by atoms with E-state index in [4.69, 9.17) is 9.15 Å². The first-order valence-corrected chi connectivity index (χ1v) is 8.46. The number of ether oxygens (including phenoxy) is 1. The number of anilines is 2. The molecule has 0 bridgehead atoms. The molecule has 7 nitrogen and oxygen atoms in total. The van der Waals surface area contributed by atoms with E-state index in [0.717, 1.165) is 5.56 Å². The summed E-state index contributed by atoms with van der Waals surface area (Å²) in [5, 5.41) is 5.96. The lowest BCUT2D eigenvalue weighted by Crippen LogP contribution is -2.11. The first-order valence-electron chi connectivity index (χ1n) is 8.46. The van der Waals surface area contributed by atoms with Gasteiger partial charge in [0.15, 0.2) is 5.76 Å². The van der Waals surface area contributed by atoms with Crippen LogP contribution in [-0.2, 0) is 11.3 Å². The van der Waals surface area contributed by atoms with Crippen LogP contribution in [0.1, 0.15) is 33.4 Å². The monoisotopic (exact) mass is 365 g/mol. The largest absolute Gasteiger partial charge is 0.462 e. The van der Waals surface area contributed by atoms with Crippen LogP contribution in [0, 0.1) is 0 Å². The number of rotatable bonds is 7. The van der Waals surface area contributed by atoms with Gasteiger partial charge in [0.2, 0.25) is 0 Å². The van der Waals surface area contributed by atoms with Crippen molar-refractivity contribution in [3.63, 3.8) is 0 Å². The van der Waals surface area contributed by atoms with Gasteiger partial charge in [-0.25, -0.2) is 9.78 Å². The Kier molecular flexibility index (Phi) is 5.84. The van der Waals surface area contributed by atoms with Gasteiger partial charge in [0, 0.05) is 18.4 Å². The maximum absolute atomic E-state index is 12.0. The highest BCUT2D eigenvalue weighted by Gasteiger charge is 2.09. The standard InChI is InChI=1S/C20H19N3O4/c1-2-26-20(25)15-8-9-18(22-13-15)21-12-14-5-3-6-16(11-14)23-19(24)17-7-4-10-27-17/h3-11,13H,2,12H2,1H3,(H,21,22)(H,23,24). The number of hydrogen-bond donors (Lipinski definition) is 2. The maximum atomic E-state index is 12.0. The first-order chi connectivity index (χ1) is 13.2. The van der Waals surface area contributed by atoms with Crippen LogP contribution in [-0.4, -0.2) is 23.5 Å². The highest BCUT2D eigenvalue weighted by molar-refractivity contribution is 6.02. The van der Waals surface area contributed by atoms with Gasteiger partial charge in [0.1, 0.15) is 5.82 Å². The summed E-state index contributed by atoms with van der Waals surface area (Å²) in [6.07, 6.45) is 2.93. The number of aromatic nitrogens is 1. The second-order valence-electron chi connectivity index (χ2n) is 5.64. The minimum atomic E-state index is -0.392. The van der Waals surface area contributed by atoms with Crippen molar-refractivity contribution in [2.45, 2.75) is 13.5 Å². The molecule has 1 amide bonds. The van der Waals surface area contributed by atoms with E-state index in [-0.39, 0.29) is 11.7 Å². The van der Waals surface area contributed by atoms with Crippen molar-refractivity contribution in [3.05, 3.63) is 77.9 Å². The number of carbonyl (C=O) groups excluding carboxylic acids is 2. The molecule has 2 heterocycles. The van der Waals surface area contributed by atoms with Gasteiger partial charge in [-0.05, 0) is 48.9 Å². The number of hydrogen-bond acceptors (Lipinski definition) is 6. The van der Waals surface area contributed by atoms with E-state index in [1.807, 2.05) is 18.2 Å². The predicted molar refractivity (Wildman–Crippen MR) is 101 cm³/mol. The third kappa shape index (κ3) is 4.94. The third-order valence-electron chi connectivity index (χ3n) is 3.68. The third-order valence-corrected chi connectivity index (χ3v) is 3.68. The summed E-state index contributed by atoms with van der Waals surface area (Å²) >= 11 is 0. The Hall–Kier alpha value is -3.61. The Morgan fingerprint density at radius 1 is 1.15 bits per heavy atom. The summed E-state index contributed by atoms with van der Waals surface area (Å²) in [5.41, 5.74) is 2.04. The van der Waals surface area contributed by atoms with E-state index in [2.05, 4.69) is 15.6 Å². The van der Waals surface area contributed by atoms with E-state index >= 15 is 0 Å². The molecule has 0 fully saturated rings. The summed E-state index contributed by atoms with van der Waals surface area (Å²) in [6.45, 7) is 2.59. The molecule has 2 aromatic heterocycles. The fourth-order valence-electron chi connectivity index (χ4n) is 2.39. The minimum Gasteiger partial charge on any atom is -0.462 e. The topological polar surface area (TPSA) is 93.5 Å². The van der Waals surface area contributed by atoms with Crippen LogP contribution in [0.3, 0.4) is 0 Å². The number of esters is 1. The zero-order valence-corrected chi connectivity index (χ0v) is 14.8. The number of carbonyl (C=O) groups is 2. The summed E-state index contributed by atoms with van der Waals surface area (Å²) < 4.78 is 10.0. The van der Waals surface area contributed by atoms with Crippen LogP contribution in [0.15, 0.2) is 65.4 Å².